The van der Waals surface area contributed by atoms with E-state index in [1.165, 1.54) is 34.4 Å². The first-order valence-corrected chi connectivity index (χ1v) is 10.6. The summed E-state index contributed by atoms with van der Waals surface area (Å²) in [6.45, 7) is 13.7. The molecule has 1 aromatic heterocycles. The molecule has 0 N–H and O–H groups in total. The SMILES string of the molecule is [C-]#[N+]c1cc(-c2ncc(-c3cccc4c3CCC[C@@H]4C)s2)ccc1OC(C)C. The van der Waals surface area contributed by atoms with E-state index in [-0.39, 0.29) is 6.10 Å². The van der Waals surface area contributed by atoms with Gasteiger partial charge in [0.05, 0.1) is 17.6 Å². The largest absolute Gasteiger partial charge is 0.502 e. The molecule has 4 rings (SSSR count). The standard InChI is InChI=1S/C24H24N2OS/c1-15(2)27-22-12-11-17(13-21(22)25-4)24-26-14-23(28-24)20-10-6-8-18-16(3)7-5-9-19(18)20/h6,8,10-16H,5,7,9H2,1-3H3/t16-/m0/s1. The lowest BCUT2D eigenvalue weighted by atomic mass is 9.81. The van der Waals surface area contributed by atoms with E-state index in [4.69, 9.17) is 11.3 Å². The van der Waals surface area contributed by atoms with Gasteiger partial charge in [-0.1, -0.05) is 31.2 Å². The maximum Gasteiger partial charge on any atom is 0.228 e. The second-order valence-corrected chi connectivity index (χ2v) is 8.69. The van der Waals surface area contributed by atoms with Gasteiger partial charge in [-0.15, -0.1) is 11.3 Å². The summed E-state index contributed by atoms with van der Waals surface area (Å²) in [5.74, 6) is 1.27. The van der Waals surface area contributed by atoms with Gasteiger partial charge in [-0.05, 0) is 67.9 Å². The summed E-state index contributed by atoms with van der Waals surface area (Å²) in [5.41, 5.74) is 5.80. The minimum Gasteiger partial charge on any atom is -0.502 e. The molecule has 1 atom stereocenters. The Kier molecular flexibility index (Phi) is 5.19. The third-order valence-corrected chi connectivity index (χ3v) is 6.35. The van der Waals surface area contributed by atoms with Gasteiger partial charge in [0, 0.05) is 11.8 Å². The normalized spacial score (nSPS) is 15.9. The third-order valence-electron chi connectivity index (χ3n) is 5.27. The molecule has 0 spiro atoms. The summed E-state index contributed by atoms with van der Waals surface area (Å²) in [6, 6.07) is 12.4. The molecule has 1 heterocycles. The average Bonchev–Trinajstić information content (AvgIpc) is 3.18. The molecule has 0 amide bonds. The van der Waals surface area contributed by atoms with Gasteiger partial charge >= 0.3 is 0 Å². The first kappa shape index (κ1) is 18.7. The number of fused-ring (bicyclic) bond motifs is 1. The van der Waals surface area contributed by atoms with Crippen molar-refractivity contribution in [3.05, 3.63) is 65.1 Å². The Morgan fingerprint density at radius 2 is 2.11 bits per heavy atom. The van der Waals surface area contributed by atoms with Crippen molar-refractivity contribution in [3.8, 4) is 26.8 Å². The lowest BCUT2D eigenvalue weighted by molar-refractivity contribution is 0.244. The number of rotatable bonds is 4. The lowest BCUT2D eigenvalue weighted by Crippen LogP contribution is -2.07. The summed E-state index contributed by atoms with van der Waals surface area (Å²) in [6.07, 6.45) is 5.69. The smallest absolute Gasteiger partial charge is 0.228 e. The molecule has 1 aliphatic carbocycles. The quantitative estimate of drug-likeness (QED) is 0.440. The molecule has 28 heavy (non-hydrogen) atoms. The van der Waals surface area contributed by atoms with Crippen molar-refractivity contribution in [3.63, 3.8) is 0 Å². The van der Waals surface area contributed by atoms with Crippen LogP contribution in [0.4, 0.5) is 5.69 Å². The first-order chi connectivity index (χ1) is 13.6. The Hall–Kier alpha value is -2.64. The summed E-state index contributed by atoms with van der Waals surface area (Å²) in [4.78, 5) is 9.52. The van der Waals surface area contributed by atoms with Crippen molar-refractivity contribution in [2.75, 3.05) is 0 Å². The summed E-state index contributed by atoms with van der Waals surface area (Å²) in [5, 5.41) is 0.942. The van der Waals surface area contributed by atoms with E-state index < -0.39 is 0 Å². The van der Waals surface area contributed by atoms with Crippen LogP contribution in [0.25, 0.3) is 25.9 Å². The molecule has 0 unspecified atom stereocenters. The van der Waals surface area contributed by atoms with Crippen LogP contribution in [0.2, 0.25) is 0 Å². The summed E-state index contributed by atoms with van der Waals surface area (Å²) < 4.78 is 5.74. The highest BCUT2D eigenvalue weighted by Crippen LogP contribution is 2.41. The molecule has 3 aromatic rings. The van der Waals surface area contributed by atoms with Crippen molar-refractivity contribution in [2.45, 2.75) is 52.1 Å². The Balaban J connectivity index is 1.70. The fourth-order valence-electron chi connectivity index (χ4n) is 3.94. The predicted molar refractivity (Wildman–Crippen MR) is 116 cm³/mol. The van der Waals surface area contributed by atoms with E-state index in [0.717, 1.165) is 17.0 Å². The minimum atomic E-state index is 0.0458. The molecular weight excluding hydrogens is 364 g/mol. The van der Waals surface area contributed by atoms with Crippen molar-refractivity contribution < 1.29 is 4.74 Å². The molecule has 0 saturated carbocycles. The average molecular weight is 389 g/mol. The molecule has 1 aliphatic rings. The molecule has 0 fully saturated rings. The zero-order valence-electron chi connectivity index (χ0n) is 16.5. The maximum absolute atomic E-state index is 7.48. The van der Waals surface area contributed by atoms with E-state index in [1.54, 1.807) is 11.3 Å². The number of hydrogen-bond acceptors (Lipinski definition) is 3. The van der Waals surface area contributed by atoms with Crippen LogP contribution in [0, 0.1) is 6.57 Å². The first-order valence-electron chi connectivity index (χ1n) is 9.83. The van der Waals surface area contributed by atoms with Crippen LogP contribution in [0.1, 0.15) is 50.7 Å². The number of ether oxygens (including phenoxy) is 1. The van der Waals surface area contributed by atoms with E-state index >= 15 is 0 Å². The monoisotopic (exact) mass is 388 g/mol. The van der Waals surface area contributed by atoms with Gasteiger partial charge in [-0.2, -0.15) is 0 Å². The fraction of sp³-hybridized carbons (Fsp3) is 0.333. The van der Waals surface area contributed by atoms with E-state index in [1.807, 2.05) is 38.2 Å². The van der Waals surface area contributed by atoms with Crippen LogP contribution < -0.4 is 4.74 Å². The highest BCUT2D eigenvalue weighted by Gasteiger charge is 2.20. The molecule has 2 aromatic carbocycles. The number of thiazole rings is 1. The highest BCUT2D eigenvalue weighted by atomic mass is 32.1. The van der Waals surface area contributed by atoms with Gasteiger partial charge in [0.1, 0.15) is 10.8 Å². The van der Waals surface area contributed by atoms with Gasteiger partial charge in [0.2, 0.25) is 5.69 Å². The number of benzene rings is 2. The van der Waals surface area contributed by atoms with Gasteiger partial charge in [-0.25, -0.2) is 9.83 Å². The zero-order chi connectivity index (χ0) is 19.7. The van der Waals surface area contributed by atoms with Gasteiger partial charge < -0.3 is 4.74 Å². The summed E-state index contributed by atoms with van der Waals surface area (Å²) >= 11 is 1.70. The van der Waals surface area contributed by atoms with Crippen LogP contribution >= 0.6 is 11.3 Å². The van der Waals surface area contributed by atoms with E-state index in [9.17, 15) is 0 Å². The van der Waals surface area contributed by atoms with Gasteiger partial charge in [-0.3, -0.25) is 0 Å². The predicted octanol–water partition coefficient (Wildman–Crippen LogP) is 7.25. The molecule has 4 heteroatoms. The Bertz CT molecular complexity index is 1040. The lowest BCUT2D eigenvalue weighted by Gasteiger charge is -2.24. The molecule has 3 nitrogen and oxygen atoms in total. The van der Waals surface area contributed by atoms with Crippen LogP contribution in [0.5, 0.6) is 5.75 Å². The third kappa shape index (κ3) is 3.55. The maximum atomic E-state index is 7.48. The Labute approximate surface area is 170 Å². The zero-order valence-corrected chi connectivity index (χ0v) is 17.3. The Morgan fingerprint density at radius 3 is 2.89 bits per heavy atom. The molecule has 0 radical (unpaired) electrons. The molecule has 142 valence electrons. The second kappa shape index (κ2) is 7.77. The van der Waals surface area contributed by atoms with Crippen LogP contribution in [0.15, 0.2) is 42.6 Å². The minimum absolute atomic E-state index is 0.0458. The second-order valence-electron chi connectivity index (χ2n) is 7.66. The van der Waals surface area contributed by atoms with Crippen molar-refractivity contribution in [2.24, 2.45) is 0 Å². The van der Waals surface area contributed by atoms with E-state index in [0.29, 0.717) is 17.4 Å². The molecule has 0 aliphatic heterocycles. The number of aromatic nitrogens is 1. The number of hydrogen-bond donors (Lipinski definition) is 0. The van der Waals surface area contributed by atoms with Crippen molar-refractivity contribution >= 4 is 17.0 Å². The van der Waals surface area contributed by atoms with E-state index in [2.05, 4.69) is 35.0 Å². The topological polar surface area (TPSA) is 26.5 Å². The van der Waals surface area contributed by atoms with Gasteiger partial charge in [0.25, 0.3) is 0 Å². The number of nitrogens with zero attached hydrogens (tertiary/aromatic N) is 2. The molecule has 0 saturated heterocycles. The van der Waals surface area contributed by atoms with Gasteiger partial charge in [0.15, 0.2) is 0 Å². The van der Waals surface area contributed by atoms with Crippen molar-refractivity contribution in [1.29, 1.82) is 0 Å². The summed E-state index contributed by atoms with van der Waals surface area (Å²) in [7, 11) is 0. The van der Waals surface area contributed by atoms with Crippen LogP contribution in [-0.4, -0.2) is 11.1 Å². The highest BCUT2D eigenvalue weighted by molar-refractivity contribution is 7.18. The fourth-order valence-corrected chi connectivity index (χ4v) is 4.91. The van der Waals surface area contributed by atoms with Crippen molar-refractivity contribution in [1.82, 2.24) is 4.98 Å². The molecule has 0 bridgehead atoms. The van der Waals surface area contributed by atoms with Crippen LogP contribution in [-0.2, 0) is 6.42 Å². The molecular formula is C24H24N2OS. The Morgan fingerprint density at radius 1 is 1.25 bits per heavy atom. The van der Waals surface area contributed by atoms with Crippen LogP contribution in [0.3, 0.4) is 0 Å².